The van der Waals surface area contributed by atoms with E-state index in [0.29, 0.717) is 6.07 Å². The Kier molecular flexibility index (Phi) is 6.02. The lowest BCUT2D eigenvalue weighted by atomic mass is 10.0. The number of halogens is 2. The molecule has 2 saturated heterocycles. The molecule has 0 aliphatic carbocycles. The number of aliphatic hydroxyl groups excluding tert-OH is 2. The maximum atomic E-state index is 13.6. The van der Waals surface area contributed by atoms with Crippen LogP contribution in [0.3, 0.4) is 0 Å². The third-order valence-electron chi connectivity index (χ3n) is 4.85. The maximum Gasteiger partial charge on any atom is 0.319 e. The van der Waals surface area contributed by atoms with Crippen molar-refractivity contribution in [2.45, 2.75) is 37.2 Å². The average Bonchev–Trinajstić information content (AvgIpc) is 3.23. The van der Waals surface area contributed by atoms with Crippen molar-refractivity contribution in [3.63, 3.8) is 0 Å². The van der Waals surface area contributed by atoms with Gasteiger partial charge in [0.25, 0.3) is 0 Å². The number of aliphatic hydroxyl groups is 2. The molecular weight excluding hydrogens is 348 g/mol. The lowest BCUT2D eigenvalue weighted by Gasteiger charge is -2.30. The zero-order valence-electron chi connectivity index (χ0n) is 14.2. The molecule has 7 nitrogen and oxygen atoms in total. The second-order valence-corrected chi connectivity index (χ2v) is 6.58. The third kappa shape index (κ3) is 4.12. The molecule has 2 aliphatic heterocycles. The molecule has 2 aliphatic rings. The van der Waals surface area contributed by atoms with Crippen molar-refractivity contribution < 1.29 is 28.5 Å². The average molecular weight is 371 g/mol. The Balaban J connectivity index is 1.58. The number of carbonyl (C=O) groups excluding carboxylic acids is 1. The van der Waals surface area contributed by atoms with Gasteiger partial charge in [0.15, 0.2) is 0 Å². The van der Waals surface area contributed by atoms with Crippen LogP contribution >= 0.6 is 0 Å². The molecule has 9 heteroatoms. The van der Waals surface area contributed by atoms with Gasteiger partial charge < -0.3 is 25.6 Å². The Bertz CT molecular complexity index is 642. The topological polar surface area (TPSA) is 94.1 Å². The standard InChI is InChI=1S/C17H23F2N3O4/c18-10-3-4-12(11(19)7-10)21-17(25)20-8-13-15(22-5-1-2-6-22)16(24)14(9-23)26-13/h3-4,7,13-16,23-24H,1-2,5-6,8-9H2,(H2,20,21,25)/t13-,14-,15-,16+/m0/s1. The minimum Gasteiger partial charge on any atom is -0.394 e. The number of amides is 2. The van der Waals surface area contributed by atoms with Gasteiger partial charge in [-0.25, -0.2) is 13.6 Å². The summed E-state index contributed by atoms with van der Waals surface area (Å²) < 4.78 is 32.2. The molecule has 26 heavy (non-hydrogen) atoms. The first-order valence-electron chi connectivity index (χ1n) is 8.68. The van der Waals surface area contributed by atoms with Crippen molar-refractivity contribution in [3.8, 4) is 0 Å². The summed E-state index contributed by atoms with van der Waals surface area (Å²) in [4.78, 5) is 14.1. The first-order chi connectivity index (χ1) is 12.5. The van der Waals surface area contributed by atoms with Gasteiger partial charge in [0.05, 0.1) is 24.4 Å². The molecule has 0 radical (unpaired) electrons. The lowest BCUT2D eigenvalue weighted by Crippen LogP contribution is -2.50. The Hall–Kier alpha value is -1.81. The molecule has 2 heterocycles. The van der Waals surface area contributed by atoms with Crippen LogP contribution in [0.25, 0.3) is 0 Å². The molecule has 0 aromatic heterocycles. The van der Waals surface area contributed by atoms with Crippen molar-refractivity contribution in [3.05, 3.63) is 29.8 Å². The van der Waals surface area contributed by atoms with E-state index in [1.807, 2.05) is 0 Å². The fourth-order valence-electron chi connectivity index (χ4n) is 3.59. The van der Waals surface area contributed by atoms with Crippen LogP contribution in [0, 0.1) is 11.6 Å². The van der Waals surface area contributed by atoms with Crippen LogP contribution in [0.2, 0.25) is 0 Å². The monoisotopic (exact) mass is 371 g/mol. The number of hydrogen-bond acceptors (Lipinski definition) is 5. The zero-order chi connectivity index (χ0) is 18.7. The summed E-state index contributed by atoms with van der Waals surface area (Å²) in [6.45, 7) is 1.43. The fourth-order valence-corrected chi connectivity index (χ4v) is 3.59. The predicted molar refractivity (Wildman–Crippen MR) is 89.7 cm³/mol. The number of nitrogens with zero attached hydrogens (tertiary/aromatic N) is 1. The quantitative estimate of drug-likeness (QED) is 0.611. The number of carbonyl (C=O) groups is 1. The van der Waals surface area contributed by atoms with Crippen molar-refractivity contribution in [1.29, 1.82) is 0 Å². The van der Waals surface area contributed by atoms with Gasteiger partial charge in [-0.2, -0.15) is 0 Å². The number of likely N-dealkylation sites (tertiary alicyclic amines) is 1. The number of benzene rings is 1. The van der Waals surface area contributed by atoms with Crippen LogP contribution in [0.15, 0.2) is 18.2 Å². The van der Waals surface area contributed by atoms with E-state index in [0.717, 1.165) is 38.1 Å². The number of nitrogens with one attached hydrogen (secondary N) is 2. The molecule has 4 N–H and O–H groups in total. The second kappa shape index (κ2) is 8.26. The van der Waals surface area contributed by atoms with E-state index in [4.69, 9.17) is 4.74 Å². The SMILES string of the molecule is O=C(NC[C@@H]1O[C@@H](CO)[C@@H](O)[C@H]1N1CCCC1)Nc1ccc(F)cc1F. The first-order valence-corrected chi connectivity index (χ1v) is 8.68. The number of ether oxygens (including phenoxy) is 1. The molecule has 2 fully saturated rings. The minimum absolute atomic E-state index is 0.0867. The molecule has 144 valence electrons. The number of anilines is 1. The highest BCUT2D eigenvalue weighted by molar-refractivity contribution is 5.89. The molecular formula is C17H23F2N3O4. The van der Waals surface area contributed by atoms with Crippen LogP contribution in [0.4, 0.5) is 19.3 Å². The summed E-state index contributed by atoms with van der Waals surface area (Å²) in [5, 5.41) is 24.7. The van der Waals surface area contributed by atoms with Crippen LogP contribution in [-0.4, -0.2) is 71.7 Å². The summed E-state index contributed by atoms with van der Waals surface area (Å²) in [6.07, 6.45) is 0.00574. The summed E-state index contributed by atoms with van der Waals surface area (Å²) in [5.74, 6) is -1.60. The van der Waals surface area contributed by atoms with Crippen LogP contribution < -0.4 is 10.6 Å². The second-order valence-electron chi connectivity index (χ2n) is 6.58. The Labute approximate surface area is 149 Å². The normalized spacial score (nSPS) is 29.1. The van der Waals surface area contributed by atoms with Crippen molar-refractivity contribution in [2.24, 2.45) is 0 Å². The summed E-state index contributed by atoms with van der Waals surface area (Å²) in [7, 11) is 0. The lowest BCUT2D eigenvalue weighted by molar-refractivity contribution is -0.0205. The molecule has 4 atom stereocenters. The van der Waals surface area contributed by atoms with Gasteiger partial charge in [-0.3, -0.25) is 4.90 Å². The third-order valence-corrected chi connectivity index (χ3v) is 4.85. The van der Waals surface area contributed by atoms with Crippen LogP contribution in [0.1, 0.15) is 12.8 Å². The van der Waals surface area contributed by atoms with E-state index in [2.05, 4.69) is 15.5 Å². The summed E-state index contributed by atoms with van der Waals surface area (Å²) in [5.41, 5.74) is -0.138. The van der Waals surface area contributed by atoms with Gasteiger partial charge in [0.2, 0.25) is 0 Å². The molecule has 0 unspecified atom stereocenters. The molecule has 0 saturated carbocycles. The van der Waals surface area contributed by atoms with E-state index >= 15 is 0 Å². The highest BCUT2D eigenvalue weighted by Crippen LogP contribution is 2.28. The van der Waals surface area contributed by atoms with E-state index in [1.54, 1.807) is 0 Å². The molecule has 0 spiro atoms. The van der Waals surface area contributed by atoms with Gasteiger partial charge in [0, 0.05) is 12.6 Å². The Morgan fingerprint density at radius 2 is 2.00 bits per heavy atom. The van der Waals surface area contributed by atoms with Gasteiger partial charge in [0.1, 0.15) is 23.8 Å². The highest BCUT2D eigenvalue weighted by atomic mass is 19.1. The predicted octanol–water partition coefficient (Wildman–Crippen LogP) is 0.671. The number of urea groups is 1. The van der Waals surface area contributed by atoms with E-state index < -0.39 is 36.0 Å². The molecule has 2 amide bonds. The van der Waals surface area contributed by atoms with Crippen molar-refractivity contribution in [2.75, 3.05) is 31.6 Å². The number of hydrogen-bond donors (Lipinski definition) is 4. The van der Waals surface area contributed by atoms with Gasteiger partial charge >= 0.3 is 6.03 Å². The summed E-state index contributed by atoms with van der Waals surface area (Å²) >= 11 is 0. The van der Waals surface area contributed by atoms with E-state index in [9.17, 15) is 23.8 Å². The van der Waals surface area contributed by atoms with E-state index in [-0.39, 0.29) is 24.9 Å². The molecule has 3 rings (SSSR count). The summed E-state index contributed by atoms with van der Waals surface area (Å²) in [6, 6.07) is 1.87. The largest absolute Gasteiger partial charge is 0.394 e. The highest BCUT2D eigenvalue weighted by Gasteiger charge is 2.46. The van der Waals surface area contributed by atoms with Gasteiger partial charge in [-0.1, -0.05) is 0 Å². The zero-order valence-corrected chi connectivity index (χ0v) is 14.2. The van der Waals surface area contributed by atoms with Crippen LogP contribution in [-0.2, 0) is 4.74 Å². The van der Waals surface area contributed by atoms with Crippen molar-refractivity contribution in [1.82, 2.24) is 10.2 Å². The smallest absolute Gasteiger partial charge is 0.319 e. The Morgan fingerprint density at radius 3 is 2.65 bits per heavy atom. The molecule has 1 aromatic rings. The maximum absolute atomic E-state index is 13.6. The van der Waals surface area contributed by atoms with Gasteiger partial charge in [-0.15, -0.1) is 0 Å². The minimum atomic E-state index is -0.872. The Morgan fingerprint density at radius 1 is 1.27 bits per heavy atom. The molecule has 0 bridgehead atoms. The number of rotatable bonds is 5. The first kappa shape index (κ1) is 19.0. The van der Waals surface area contributed by atoms with Crippen molar-refractivity contribution >= 4 is 11.7 Å². The fraction of sp³-hybridized carbons (Fsp3) is 0.588. The molecule has 1 aromatic carbocycles. The van der Waals surface area contributed by atoms with E-state index in [1.165, 1.54) is 0 Å². The van der Waals surface area contributed by atoms with Gasteiger partial charge in [-0.05, 0) is 38.1 Å². The van der Waals surface area contributed by atoms with Crippen LogP contribution in [0.5, 0.6) is 0 Å².